The number of carbonyl (C=O) groups is 2. The first kappa shape index (κ1) is 15.9. The van der Waals surface area contributed by atoms with Crippen molar-refractivity contribution in [3.05, 3.63) is 0 Å². The van der Waals surface area contributed by atoms with Gasteiger partial charge in [0.1, 0.15) is 6.54 Å². The van der Waals surface area contributed by atoms with Gasteiger partial charge in [0, 0.05) is 19.7 Å². The van der Waals surface area contributed by atoms with E-state index in [1.54, 1.807) is 0 Å². The van der Waals surface area contributed by atoms with E-state index >= 15 is 0 Å². The van der Waals surface area contributed by atoms with E-state index in [0.717, 1.165) is 6.54 Å². The maximum atomic E-state index is 12.4. The number of carboxylic acids is 1. The fourth-order valence-corrected chi connectivity index (χ4v) is 2.13. The molecule has 0 aromatic rings. The van der Waals surface area contributed by atoms with Crippen LogP contribution in [0.15, 0.2) is 0 Å². The largest absolute Gasteiger partial charge is 0.480 e. The molecule has 1 fully saturated rings. The molecule has 1 aliphatic heterocycles. The van der Waals surface area contributed by atoms with Crippen LogP contribution in [-0.4, -0.2) is 74.5 Å². The van der Waals surface area contributed by atoms with Crippen molar-refractivity contribution in [1.82, 2.24) is 10.2 Å². The molecule has 19 heavy (non-hydrogen) atoms. The second-order valence-corrected chi connectivity index (χ2v) is 4.45. The summed E-state index contributed by atoms with van der Waals surface area (Å²) in [6.45, 7) is 3.80. The Kier molecular flexibility index (Phi) is 6.75. The summed E-state index contributed by atoms with van der Waals surface area (Å²) in [7, 11) is 1.52. The predicted molar refractivity (Wildman–Crippen MR) is 67.9 cm³/mol. The van der Waals surface area contributed by atoms with Crippen molar-refractivity contribution in [3.8, 4) is 0 Å². The van der Waals surface area contributed by atoms with Gasteiger partial charge >= 0.3 is 5.97 Å². The molecule has 110 valence electrons. The molecule has 0 aromatic carbocycles. The molecule has 0 aromatic heterocycles. The van der Waals surface area contributed by atoms with Crippen LogP contribution in [0.25, 0.3) is 0 Å². The maximum Gasteiger partial charge on any atom is 0.323 e. The van der Waals surface area contributed by atoms with Gasteiger partial charge in [-0.3, -0.25) is 9.59 Å². The minimum atomic E-state index is -1.02. The number of amides is 1. The average molecular weight is 274 g/mol. The highest BCUT2D eigenvalue weighted by Crippen LogP contribution is 2.16. The number of carbonyl (C=O) groups excluding carboxylic acids is 1. The maximum absolute atomic E-state index is 12.4. The summed E-state index contributed by atoms with van der Waals surface area (Å²) in [6, 6.07) is -0.0451. The Morgan fingerprint density at radius 3 is 2.79 bits per heavy atom. The minimum absolute atomic E-state index is 0.0451. The lowest BCUT2D eigenvalue weighted by atomic mass is 10.0. The van der Waals surface area contributed by atoms with E-state index in [-0.39, 0.29) is 31.0 Å². The molecule has 1 rings (SSSR count). The van der Waals surface area contributed by atoms with Crippen molar-refractivity contribution >= 4 is 11.9 Å². The molecule has 1 amide bonds. The molecular weight excluding hydrogens is 252 g/mol. The van der Waals surface area contributed by atoms with Crippen molar-refractivity contribution in [2.24, 2.45) is 5.92 Å². The van der Waals surface area contributed by atoms with E-state index in [2.05, 4.69) is 5.32 Å². The highest BCUT2D eigenvalue weighted by Gasteiger charge is 2.36. The quantitative estimate of drug-likeness (QED) is 0.601. The van der Waals surface area contributed by atoms with Crippen molar-refractivity contribution < 1.29 is 24.2 Å². The van der Waals surface area contributed by atoms with Crippen LogP contribution in [0.2, 0.25) is 0 Å². The van der Waals surface area contributed by atoms with Crippen LogP contribution in [0, 0.1) is 5.92 Å². The smallest absolute Gasteiger partial charge is 0.323 e. The van der Waals surface area contributed by atoms with Crippen molar-refractivity contribution in [2.45, 2.75) is 13.0 Å². The van der Waals surface area contributed by atoms with Gasteiger partial charge in [0.25, 0.3) is 0 Å². The Labute approximate surface area is 112 Å². The number of likely N-dealkylation sites (N-methyl/N-ethyl adjacent to an activating group) is 1. The van der Waals surface area contributed by atoms with Gasteiger partial charge in [-0.1, -0.05) is 6.92 Å². The topological polar surface area (TPSA) is 88.1 Å². The average Bonchev–Trinajstić information content (AvgIpc) is 2.82. The van der Waals surface area contributed by atoms with Crippen molar-refractivity contribution in [1.29, 1.82) is 0 Å². The van der Waals surface area contributed by atoms with Crippen LogP contribution >= 0.6 is 0 Å². The SMILES string of the molecule is CCNC1COCC1C(=O)N(CCOC)CC(=O)O. The molecule has 2 N–H and O–H groups in total. The monoisotopic (exact) mass is 274 g/mol. The number of ether oxygens (including phenoxy) is 2. The van der Waals surface area contributed by atoms with Gasteiger partial charge in [0.05, 0.1) is 25.7 Å². The number of aliphatic carboxylic acids is 1. The van der Waals surface area contributed by atoms with Gasteiger partial charge in [-0.05, 0) is 6.54 Å². The molecule has 0 spiro atoms. The summed E-state index contributed by atoms with van der Waals surface area (Å²) < 4.78 is 10.2. The Bertz CT molecular complexity index is 310. The van der Waals surface area contributed by atoms with Gasteiger partial charge in [-0.2, -0.15) is 0 Å². The highest BCUT2D eigenvalue weighted by atomic mass is 16.5. The third kappa shape index (κ3) is 4.77. The summed E-state index contributed by atoms with van der Waals surface area (Å²) in [4.78, 5) is 24.5. The third-order valence-electron chi connectivity index (χ3n) is 3.07. The van der Waals surface area contributed by atoms with E-state index in [9.17, 15) is 9.59 Å². The van der Waals surface area contributed by atoms with E-state index in [4.69, 9.17) is 14.6 Å². The zero-order valence-corrected chi connectivity index (χ0v) is 11.4. The summed E-state index contributed by atoms with van der Waals surface area (Å²) in [5.41, 5.74) is 0. The molecular formula is C12H22N2O5. The Morgan fingerprint density at radius 2 is 2.21 bits per heavy atom. The van der Waals surface area contributed by atoms with Crippen LogP contribution in [-0.2, 0) is 19.1 Å². The Balaban J connectivity index is 2.65. The zero-order chi connectivity index (χ0) is 14.3. The Morgan fingerprint density at radius 1 is 1.47 bits per heavy atom. The number of carboxylic acid groups (broad SMARTS) is 1. The number of hydrogen-bond acceptors (Lipinski definition) is 5. The highest BCUT2D eigenvalue weighted by molar-refractivity contribution is 5.84. The lowest BCUT2D eigenvalue weighted by Gasteiger charge is -2.26. The fourth-order valence-electron chi connectivity index (χ4n) is 2.13. The molecule has 1 aliphatic rings. The van der Waals surface area contributed by atoms with E-state index in [0.29, 0.717) is 19.8 Å². The third-order valence-corrected chi connectivity index (χ3v) is 3.07. The lowest BCUT2D eigenvalue weighted by molar-refractivity contribution is -0.147. The zero-order valence-electron chi connectivity index (χ0n) is 11.4. The van der Waals surface area contributed by atoms with Gasteiger partial charge in [-0.15, -0.1) is 0 Å². The van der Waals surface area contributed by atoms with Crippen LogP contribution in [0.4, 0.5) is 0 Å². The van der Waals surface area contributed by atoms with E-state index < -0.39 is 5.97 Å². The lowest BCUT2D eigenvalue weighted by Crippen LogP contribution is -2.48. The minimum Gasteiger partial charge on any atom is -0.480 e. The van der Waals surface area contributed by atoms with Crippen LogP contribution in [0.1, 0.15) is 6.92 Å². The number of nitrogens with one attached hydrogen (secondary N) is 1. The van der Waals surface area contributed by atoms with Crippen LogP contribution in [0.3, 0.4) is 0 Å². The second-order valence-electron chi connectivity index (χ2n) is 4.45. The number of methoxy groups -OCH3 is 1. The standard InChI is InChI=1S/C12H22N2O5/c1-3-13-10-8-19-7-9(10)12(17)14(4-5-18-2)6-11(15)16/h9-10,13H,3-8H2,1-2H3,(H,15,16). The summed E-state index contributed by atoms with van der Waals surface area (Å²) >= 11 is 0. The van der Waals surface area contributed by atoms with Crippen molar-refractivity contribution in [3.63, 3.8) is 0 Å². The summed E-state index contributed by atoms with van der Waals surface area (Å²) in [6.07, 6.45) is 0. The fraction of sp³-hybridized carbons (Fsp3) is 0.833. The first-order chi connectivity index (χ1) is 9.10. The first-order valence-electron chi connectivity index (χ1n) is 6.40. The summed E-state index contributed by atoms with van der Waals surface area (Å²) in [5.74, 6) is -1.54. The van der Waals surface area contributed by atoms with Gasteiger partial charge in [0.15, 0.2) is 0 Å². The van der Waals surface area contributed by atoms with Crippen LogP contribution < -0.4 is 5.32 Å². The van der Waals surface area contributed by atoms with Crippen LogP contribution in [0.5, 0.6) is 0 Å². The molecule has 7 nitrogen and oxygen atoms in total. The number of nitrogens with zero attached hydrogens (tertiary/aromatic N) is 1. The molecule has 2 unspecified atom stereocenters. The van der Waals surface area contributed by atoms with Gasteiger partial charge in [-0.25, -0.2) is 0 Å². The molecule has 2 atom stereocenters. The van der Waals surface area contributed by atoms with Gasteiger partial charge < -0.3 is 24.8 Å². The molecule has 0 bridgehead atoms. The van der Waals surface area contributed by atoms with Gasteiger partial charge in [0.2, 0.25) is 5.91 Å². The molecule has 0 aliphatic carbocycles. The van der Waals surface area contributed by atoms with E-state index in [1.807, 2.05) is 6.92 Å². The molecule has 7 heteroatoms. The van der Waals surface area contributed by atoms with Crippen molar-refractivity contribution in [2.75, 3.05) is 46.6 Å². The molecule has 0 radical (unpaired) electrons. The normalized spacial score (nSPS) is 22.4. The number of rotatable bonds is 8. The second kappa shape index (κ2) is 8.08. The predicted octanol–water partition coefficient (Wildman–Crippen LogP) is -0.829. The first-order valence-corrected chi connectivity index (χ1v) is 6.40. The molecule has 1 saturated heterocycles. The number of hydrogen-bond donors (Lipinski definition) is 2. The summed E-state index contributed by atoms with van der Waals surface area (Å²) in [5, 5.41) is 12.1. The Hall–Kier alpha value is -1.18. The molecule has 1 heterocycles. The molecule has 0 saturated carbocycles. The van der Waals surface area contributed by atoms with E-state index in [1.165, 1.54) is 12.0 Å².